The molecule has 0 radical (unpaired) electrons. The molecule has 0 saturated heterocycles. The van der Waals surface area contributed by atoms with Crippen LogP contribution in [0.1, 0.15) is 0 Å². The van der Waals surface area contributed by atoms with Gasteiger partial charge in [-0.1, -0.05) is 6.07 Å². The van der Waals surface area contributed by atoms with Crippen molar-refractivity contribution in [2.45, 2.75) is 12.7 Å². The van der Waals surface area contributed by atoms with Gasteiger partial charge in [0.1, 0.15) is 6.54 Å². The number of nitrogens with two attached hydrogens (primary N) is 1. The Morgan fingerprint density at radius 3 is 2.70 bits per heavy atom. The lowest BCUT2D eigenvalue weighted by Crippen LogP contribution is -2.21. The van der Waals surface area contributed by atoms with Crippen LogP contribution in [0.15, 0.2) is 24.3 Å². The second-order valence-corrected chi connectivity index (χ2v) is 5.33. The number of aromatic nitrogens is 1. The Morgan fingerprint density at radius 1 is 1.40 bits per heavy atom. The third-order valence-electron chi connectivity index (χ3n) is 2.69. The summed E-state index contributed by atoms with van der Waals surface area (Å²) in [7, 11) is 0. The monoisotopic (exact) mass is 397 g/mol. The predicted molar refractivity (Wildman–Crippen MR) is 78.4 cm³/mol. The number of benzene rings is 1. The van der Waals surface area contributed by atoms with E-state index in [9.17, 15) is 18.0 Å². The number of carbonyl (C=O) groups is 1. The molecule has 1 heterocycles. The fourth-order valence-corrected chi connectivity index (χ4v) is 2.67. The number of halogens is 4. The van der Waals surface area contributed by atoms with Crippen LogP contribution in [0.25, 0.3) is 10.9 Å². The van der Waals surface area contributed by atoms with E-state index in [1.54, 1.807) is 24.3 Å². The minimum absolute atomic E-state index is 0.0693. The number of nitrogens with zero attached hydrogens (tertiary/aromatic N) is 1. The van der Waals surface area contributed by atoms with Gasteiger partial charge in [0.25, 0.3) is 0 Å². The Bertz CT molecular complexity index is 651. The van der Waals surface area contributed by atoms with Crippen LogP contribution in [0.2, 0.25) is 0 Å². The molecule has 20 heavy (non-hydrogen) atoms. The first-order valence-electron chi connectivity index (χ1n) is 5.64. The molecule has 4 nitrogen and oxygen atoms in total. The van der Waals surface area contributed by atoms with Crippen molar-refractivity contribution in [3.8, 4) is 0 Å². The molecule has 2 aromatic rings. The second kappa shape index (κ2) is 5.51. The fourth-order valence-electron chi connectivity index (χ4n) is 1.93. The average Bonchev–Trinajstić information content (AvgIpc) is 2.62. The van der Waals surface area contributed by atoms with E-state index in [1.807, 2.05) is 22.6 Å². The lowest BCUT2D eigenvalue weighted by atomic mass is 10.2. The normalized spacial score (nSPS) is 11.8. The molecule has 0 fully saturated rings. The quantitative estimate of drug-likeness (QED) is 0.780. The van der Waals surface area contributed by atoms with Crippen LogP contribution in [0.3, 0.4) is 0 Å². The van der Waals surface area contributed by atoms with Crippen molar-refractivity contribution in [3.05, 3.63) is 28.0 Å². The van der Waals surface area contributed by atoms with Crippen molar-refractivity contribution in [2.75, 3.05) is 11.9 Å². The number of rotatable bonds is 4. The molecular formula is C12H11F3IN3O. The summed E-state index contributed by atoms with van der Waals surface area (Å²) in [4.78, 5) is 10.8. The van der Waals surface area contributed by atoms with Gasteiger partial charge in [-0.3, -0.25) is 4.79 Å². The number of nitrogens with one attached hydrogen (secondary N) is 1. The Labute approximate surface area is 126 Å². The van der Waals surface area contributed by atoms with Crippen LogP contribution in [0.5, 0.6) is 0 Å². The Hall–Kier alpha value is -1.45. The summed E-state index contributed by atoms with van der Waals surface area (Å²) in [5, 5.41) is 3.45. The zero-order valence-electron chi connectivity index (χ0n) is 10.2. The number of hydrogen-bond acceptors (Lipinski definition) is 2. The van der Waals surface area contributed by atoms with Gasteiger partial charge in [0, 0.05) is 11.1 Å². The highest BCUT2D eigenvalue weighted by atomic mass is 127. The minimum Gasteiger partial charge on any atom is -0.376 e. The summed E-state index contributed by atoms with van der Waals surface area (Å²) >= 11 is 1.86. The standard InChI is InChI=1S/C12H11F3IN3O/c13-12(14,15)6-19-9-3-1-2-8(18-5-11(17)20)7(9)4-10(19)16/h1-4,18H,5-6H2,(H2,17,20). The Balaban J connectivity index is 2.44. The molecule has 0 aliphatic rings. The maximum atomic E-state index is 12.6. The van der Waals surface area contributed by atoms with Crippen molar-refractivity contribution < 1.29 is 18.0 Å². The summed E-state index contributed by atoms with van der Waals surface area (Å²) in [6.07, 6.45) is -4.29. The molecule has 0 aliphatic heterocycles. The van der Waals surface area contributed by atoms with Crippen molar-refractivity contribution in [1.82, 2.24) is 4.57 Å². The number of primary amides is 1. The molecule has 108 valence electrons. The first-order valence-corrected chi connectivity index (χ1v) is 6.72. The van der Waals surface area contributed by atoms with Gasteiger partial charge in [0.15, 0.2) is 0 Å². The SMILES string of the molecule is NC(=O)CNc1cccc2c1cc(I)n2CC(F)(F)F. The minimum atomic E-state index is -4.29. The summed E-state index contributed by atoms with van der Waals surface area (Å²) in [5.41, 5.74) is 6.09. The van der Waals surface area contributed by atoms with E-state index < -0.39 is 18.6 Å². The first-order chi connectivity index (χ1) is 9.28. The smallest absolute Gasteiger partial charge is 0.376 e. The van der Waals surface area contributed by atoms with Crippen molar-refractivity contribution in [2.24, 2.45) is 5.73 Å². The summed E-state index contributed by atoms with van der Waals surface area (Å²) in [5.74, 6) is -0.536. The van der Waals surface area contributed by atoms with E-state index in [4.69, 9.17) is 5.73 Å². The highest BCUT2D eigenvalue weighted by Gasteiger charge is 2.29. The molecule has 8 heteroatoms. The lowest BCUT2D eigenvalue weighted by molar-refractivity contribution is -0.140. The van der Waals surface area contributed by atoms with E-state index in [0.29, 0.717) is 20.3 Å². The molecule has 1 aromatic heterocycles. The van der Waals surface area contributed by atoms with Crippen molar-refractivity contribution in [3.63, 3.8) is 0 Å². The van der Waals surface area contributed by atoms with Gasteiger partial charge >= 0.3 is 6.18 Å². The number of hydrogen-bond donors (Lipinski definition) is 2. The Kier molecular flexibility index (Phi) is 4.11. The molecule has 0 bridgehead atoms. The largest absolute Gasteiger partial charge is 0.406 e. The first kappa shape index (κ1) is 14.9. The van der Waals surface area contributed by atoms with E-state index in [-0.39, 0.29) is 6.54 Å². The Morgan fingerprint density at radius 2 is 2.10 bits per heavy atom. The highest BCUT2D eigenvalue weighted by molar-refractivity contribution is 14.1. The van der Waals surface area contributed by atoms with Gasteiger partial charge in [0.2, 0.25) is 5.91 Å². The van der Waals surface area contributed by atoms with Crippen LogP contribution in [-0.2, 0) is 11.3 Å². The number of fused-ring (bicyclic) bond motifs is 1. The molecule has 0 aliphatic carbocycles. The fraction of sp³-hybridized carbons (Fsp3) is 0.250. The highest BCUT2D eigenvalue weighted by Crippen LogP contribution is 2.30. The van der Waals surface area contributed by atoms with Crippen LogP contribution in [0.4, 0.5) is 18.9 Å². The van der Waals surface area contributed by atoms with Gasteiger partial charge < -0.3 is 15.6 Å². The van der Waals surface area contributed by atoms with Crippen LogP contribution >= 0.6 is 22.6 Å². The summed E-state index contributed by atoms with van der Waals surface area (Å²) in [6, 6.07) is 6.58. The van der Waals surface area contributed by atoms with Crippen LogP contribution in [0, 0.1) is 3.70 Å². The lowest BCUT2D eigenvalue weighted by Gasteiger charge is -2.11. The number of alkyl halides is 3. The van der Waals surface area contributed by atoms with E-state index >= 15 is 0 Å². The second-order valence-electron chi connectivity index (χ2n) is 4.23. The zero-order valence-corrected chi connectivity index (χ0v) is 12.3. The third kappa shape index (κ3) is 3.35. The van der Waals surface area contributed by atoms with Gasteiger partial charge in [0.05, 0.1) is 15.8 Å². The summed E-state index contributed by atoms with van der Waals surface area (Å²) in [6.45, 7) is -1.12. The van der Waals surface area contributed by atoms with Crippen LogP contribution < -0.4 is 11.1 Å². The van der Waals surface area contributed by atoms with E-state index in [1.165, 1.54) is 4.57 Å². The maximum Gasteiger partial charge on any atom is 0.406 e. The zero-order chi connectivity index (χ0) is 14.9. The molecule has 0 saturated carbocycles. The van der Waals surface area contributed by atoms with Crippen molar-refractivity contribution in [1.29, 1.82) is 0 Å². The van der Waals surface area contributed by atoms with Gasteiger partial charge in [-0.15, -0.1) is 0 Å². The van der Waals surface area contributed by atoms with Crippen LogP contribution in [-0.4, -0.2) is 23.2 Å². The number of carbonyl (C=O) groups excluding carboxylic acids is 1. The maximum absolute atomic E-state index is 12.6. The third-order valence-corrected chi connectivity index (χ3v) is 3.58. The molecular weight excluding hydrogens is 386 g/mol. The molecule has 1 amide bonds. The molecule has 0 unspecified atom stereocenters. The number of anilines is 1. The van der Waals surface area contributed by atoms with E-state index in [2.05, 4.69) is 5.32 Å². The van der Waals surface area contributed by atoms with Crippen molar-refractivity contribution >= 4 is 45.1 Å². The molecule has 1 aromatic carbocycles. The van der Waals surface area contributed by atoms with Gasteiger partial charge in [-0.2, -0.15) is 13.2 Å². The molecule has 2 rings (SSSR count). The van der Waals surface area contributed by atoms with Gasteiger partial charge in [-0.05, 0) is 40.8 Å². The molecule has 0 spiro atoms. The number of amides is 1. The average molecular weight is 397 g/mol. The topological polar surface area (TPSA) is 60.1 Å². The predicted octanol–water partition coefficient (Wildman–Crippen LogP) is 2.71. The molecule has 3 N–H and O–H groups in total. The summed E-state index contributed by atoms with van der Waals surface area (Å²) < 4.78 is 39.4. The molecule has 0 atom stereocenters. The van der Waals surface area contributed by atoms with Gasteiger partial charge in [-0.25, -0.2) is 0 Å². The van der Waals surface area contributed by atoms with E-state index in [0.717, 1.165) is 0 Å².